The van der Waals surface area contributed by atoms with Crippen LogP contribution in [0.2, 0.25) is 0 Å². The molecular weight excluding hydrogens is 104 g/mol. The van der Waals surface area contributed by atoms with Crippen LogP contribution in [0.1, 0.15) is 6.23 Å². The molecule has 0 aliphatic carbocycles. The Balaban J connectivity index is 2.77. The molecule has 0 aliphatic rings. The van der Waals surface area contributed by atoms with Crippen molar-refractivity contribution in [2.45, 2.75) is 6.23 Å². The minimum atomic E-state index is -0.711. The third-order valence-corrected chi connectivity index (χ3v) is 0.869. The van der Waals surface area contributed by atoms with Crippen molar-refractivity contribution in [3.63, 3.8) is 0 Å². The highest BCUT2D eigenvalue weighted by molar-refractivity contribution is 4.76. The van der Waals surface area contributed by atoms with Crippen molar-refractivity contribution >= 4 is 0 Å². The first-order valence-corrected chi connectivity index (χ1v) is 2.29. The lowest BCUT2D eigenvalue weighted by Gasteiger charge is -2.01. The predicted molar refractivity (Wildman–Crippen MR) is 28.8 cm³/mol. The molecular formula is C5H7N2O. The molecule has 0 saturated heterocycles. The maximum Gasteiger partial charge on any atom is 0.131 e. The van der Waals surface area contributed by atoms with E-state index in [0.717, 1.165) is 0 Å². The van der Waals surface area contributed by atoms with Crippen LogP contribution in [0.25, 0.3) is 0 Å². The van der Waals surface area contributed by atoms with Crippen molar-refractivity contribution in [3.8, 4) is 0 Å². The third kappa shape index (κ3) is 0.869. The highest BCUT2D eigenvalue weighted by atomic mass is 16.3. The van der Waals surface area contributed by atoms with Gasteiger partial charge in [-0.3, -0.25) is 0 Å². The van der Waals surface area contributed by atoms with Crippen LogP contribution in [-0.2, 0) is 0 Å². The SMILES string of the molecule is [CH2]C(O)n1ccnc1. The average Bonchev–Trinajstić information content (AvgIpc) is 2.12. The van der Waals surface area contributed by atoms with Crippen LogP contribution in [-0.4, -0.2) is 14.7 Å². The summed E-state index contributed by atoms with van der Waals surface area (Å²) in [6.07, 6.45) is 4.04. The van der Waals surface area contributed by atoms with Crippen LogP contribution in [0.3, 0.4) is 0 Å². The van der Waals surface area contributed by atoms with Crippen molar-refractivity contribution in [3.05, 3.63) is 25.6 Å². The van der Waals surface area contributed by atoms with Gasteiger partial charge < -0.3 is 9.67 Å². The number of aromatic nitrogens is 2. The molecule has 1 aromatic heterocycles. The zero-order chi connectivity index (χ0) is 5.98. The molecule has 0 bridgehead atoms. The van der Waals surface area contributed by atoms with Crippen molar-refractivity contribution in [1.29, 1.82) is 0 Å². The molecule has 43 valence electrons. The molecule has 1 unspecified atom stereocenters. The molecule has 0 spiro atoms. The molecule has 1 heterocycles. The second-order valence-corrected chi connectivity index (χ2v) is 1.49. The van der Waals surface area contributed by atoms with E-state index in [2.05, 4.69) is 11.9 Å². The topological polar surface area (TPSA) is 38.0 Å². The van der Waals surface area contributed by atoms with Gasteiger partial charge in [0.25, 0.3) is 0 Å². The van der Waals surface area contributed by atoms with Crippen LogP contribution in [0.15, 0.2) is 18.7 Å². The summed E-state index contributed by atoms with van der Waals surface area (Å²) in [5.74, 6) is 0. The predicted octanol–water partition coefficient (Wildman–Crippen LogP) is 0.208. The van der Waals surface area contributed by atoms with Gasteiger partial charge in [-0.1, -0.05) is 0 Å². The van der Waals surface area contributed by atoms with Gasteiger partial charge in [-0.15, -0.1) is 0 Å². The van der Waals surface area contributed by atoms with E-state index in [1.165, 1.54) is 10.9 Å². The highest BCUT2D eigenvalue weighted by Crippen LogP contribution is 1.95. The Morgan fingerprint density at radius 1 is 1.75 bits per heavy atom. The molecule has 0 aromatic carbocycles. The van der Waals surface area contributed by atoms with E-state index in [1.807, 2.05) is 0 Å². The maximum atomic E-state index is 8.72. The Kier molecular flexibility index (Phi) is 1.30. The molecule has 1 radical (unpaired) electrons. The number of hydrogen-bond donors (Lipinski definition) is 1. The quantitative estimate of drug-likeness (QED) is 0.562. The summed E-state index contributed by atoms with van der Waals surface area (Å²) >= 11 is 0. The fourth-order valence-electron chi connectivity index (χ4n) is 0.446. The van der Waals surface area contributed by atoms with Crippen LogP contribution < -0.4 is 0 Å². The summed E-state index contributed by atoms with van der Waals surface area (Å²) in [5.41, 5.74) is 0. The Bertz CT molecular complexity index is 145. The van der Waals surface area contributed by atoms with Gasteiger partial charge in [0, 0.05) is 12.4 Å². The second kappa shape index (κ2) is 1.96. The van der Waals surface area contributed by atoms with E-state index in [1.54, 1.807) is 12.4 Å². The van der Waals surface area contributed by atoms with E-state index in [4.69, 9.17) is 5.11 Å². The summed E-state index contributed by atoms with van der Waals surface area (Å²) in [7, 11) is 0. The van der Waals surface area contributed by atoms with E-state index < -0.39 is 6.23 Å². The van der Waals surface area contributed by atoms with Crippen LogP contribution >= 0.6 is 0 Å². The number of rotatable bonds is 1. The fourth-order valence-corrected chi connectivity index (χ4v) is 0.446. The first-order valence-electron chi connectivity index (χ1n) is 2.29. The molecule has 0 aliphatic heterocycles. The first kappa shape index (κ1) is 5.31. The summed E-state index contributed by atoms with van der Waals surface area (Å²) < 4.78 is 1.50. The van der Waals surface area contributed by atoms with E-state index in [9.17, 15) is 0 Å². The van der Waals surface area contributed by atoms with Crippen LogP contribution in [0.5, 0.6) is 0 Å². The zero-order valence-corrected chi connectivity index (χ0v) is 4.36. The van der Waals surface area contributed by atoms with Gasteiger partial charge >= 0.3 is 0 Å². The highest BCUT2D eigenvalue weighted by Gasteiger charge is 1.92. The number of nitrogens with zero attached hydrogens (tertiary/aromatic N) is 2. The van der Waals surface area contributed by atoms with E-state index >= 15 is 0 Å². The molecule has 1 atom stereocenters. The molecule has 1 N–H and O–H groups in total. The largest absolute Gasteiger partial charge is 0.373 e. The molecule has 3 nitrogen and oxygen atoms in total. The van der Waals surface area contributed by atoms with Gasteiger partial charge in [0.1, 0.15) is 6.23 Å². The van der Waals surface area contributed by atoms with E-state index in [0.29, 0.717) is 0 Å². The minimum absolute atomic E-state index is 0.711. The summed E-state index contributed by atoms with van der Waals surface area (Å²) in [6, 6.07) is 0. The summed E-state index contributed by atoms with van der Waals surface area (Å²) in [5, 5.41) is 8.72. The molecule has 3 heteroatoms. The molecule has 1 rings (SSSR count). The Morgan fingerprint density at radius 3 is 2.75 bits per heavy atom. The van der Waals surface area contributed by atoms with Crippen molar-refractivity contribution in [2.24, 2.45) is 0 Å². The third-order valence-electron chi connectivity index (χ3n) is 0.869. The van der Waals surface area contributed by atoms with Gasteiger partial charge in [0.2, 0.25) is 0 Å². The number of aliphatic hydroxyl groups excluding tert-OH is 1. The smallest absolute Gasteiger partial charge is 0.131 e. The first-order chi connectivity index (χ1) is 3.80. The fraction of sp³-hybridized carbons (Fsp3) is 0.200. The summed E-state index contributed by atoms with van der Waals surface area (Å²) in [4.78, 5) is 3.71. The van der Waals surface area contributed by atoms with Crippen LogP contribution in [0, 0.1) is 6.92 Å². The lowest BCUT2D eigenvalue weighted by Crippen LogP contribution is -1.99. The standard InChI is InChI=1S/C5H7N2O/c1-5(8)7-3-2-6-4-7/h2-5,8H,1H2. The Morgan fingerprint density at radius 2 is 2.50 bits per heavy atom. The van der Waals surface area contributed by atoms with Gasteiger partial charge in [-0.2, -0.15) is 0 Å². The molecule has 0 fully saturated rings. The van der Waals surface area contributed by atoms with Crippen molar-refractivity contribution in [2.75, 3.05) is 0 Å². The lowest BCUT2D eigenvalue weighted by atomic mass is 10.6. The molecule has 0 saturated carbocycles. The van der Waals surface area contributed by atoms with Gasteiger partial charge in [0.15, 0.2) is 0 Å². The summed E-state index contributed by atoms with van der Waals surface area (Å²) in [6.45, 7) is 3.36. The van der Waals surface area contributed by atoms with Gasteiger partial charge in [-0.25, -0.2) is 4.98 Å². The van der Waals surface area contributed by atoms with Crippen molar-refractivity contribution < 1.29 is 5.11 Å². The van der Waals surface area contributed by atoms with E-state index in [-0.39, 0.29) is 0 Å². The molecule has 0 amide bonds. The number of imidazole rings is 1. The monoisotopic (exact) mass is 111 g/mol. The molecule has 8 heavy (non-hydrogen) atoms. The van der Waals surface area contributed by atoms with Crippen LogP contribution in [0.4, 0.5) is 0 Å². The normalized spacial score (nSPS) is 13.8. The van der Waals surface area contributed by atoms with Crippen molar-refractivity contribution in [1.82, 2.24) is 9.55 Å². The van der Waals surface area contributed by atoms with Gasteiger partial charge in [0.05, 0.1) is 6.33 Å². The van der Waals surface area contributed by atoms with Gasteiger partial charge in [-0.05, 0) is 6.92 Å². The maximum absolute atomic E-state index is 8.72. The minimum Gasteiger partial charge on any atom is -0.373 e. The average molecular weight is 111 g/mol. The zero-order valence-electron chi connectivity index (χ0n) is 4.36. The Labute approximate surface area is 47.6 Å². The molecule has 1 aromatic rings. The number of aliphatic hydroxyl groups is 1. The second-order valence-electron chi connectivity index (χ2n) is 1.49. The lowest BCUT2D eigenvalue weighted by molar-refractivity contribution is 0.151. The number of hydrogen-bond acceptors (Lipinski definition) is 2. The Hall–Kier alpha value is -0.830.